The first-order valence-electron chi connectivity index (χ1n) is 6.89. The normalized spacial score (nSPS) is 11.4. The topological polar surface area (TPSA) is 84.7 Å². The summed E-state index contributed by atoms with van der Waals surface area (Å²) < 4.78 is 3.16. The highest BCUT2D eigenvalue weighted by molar-refractivity contribution is 5.74. The predicted octanol–water partition coefficient (Wildman–Crippen LogP) is 0.901. The van der Waals surface area contributed by atoms with Crippen molar-refractivity contribution in [2.45, 2.75) is 33.7 Å². The Labute approximate surface area is 116 Å². The molecule has 7 nitrogen and oxygen atoms in total. The fourth-order valence-corrected chi connectivity index (χ4v) is 2.15. The zero-order valence-electron chi connectivity index (χ0n) is 12.4. The van der Waals surface area contributed by atoms with Crippen molar-refractivity contribution in [1.29, 1.82) is 0 Å². The molecule has 2 heterocycles. The lowest BCUT2D eigenvalue weighted by Gasteiger charge is -2.09. The third-order valence-corrected chi connectivity index (χ3v) is 3.33. The van der Waals surface area contributed by atoms with Crippen LogP contribution in [-0.2, 0) is 13.6 Å². The van der Waals surface area contributed by atoms with Crippen LogP contribution < -0.4 is 16.6 Å². The second kappa shape index (κ2) is 5.52. The lowest BCUT2D eigenvalue weighted by Crippen LogP contribution is -2.29. The molecule has 0 spiro atoms. The van der Waals surface area contributed by atoms with Crippen LogP contribution in [0.25, 0.3) is 11.2 Å². The van der Waals surface area contributed by atoms with Crippen molar-refractivity contribution in [3.8, 4) is 0 Å². The maximum Gasteiger partial charge on any atom is 0.329 e. The van der Waals surface area contributed by atoms with Gasteiger partial charge in [0.2, 0.25) is 5.95 Å². The summed E-state index contributed by atoms with van der Waals surface area (Å²) >= 11 is 0. The molecule has 0 atom stereocenters. The number of fused-ring (bicyclic) bond motifs is 1. The van der Waals surface area contributed by atoms with Crippen molar-refractivity contribution in [1.82, 2.24) is 19.1 Å². The monoisotopic (exact) mass is 279 g/mol. The Hall–Kier alpha value is -2.05. The molecule has 2 N–H and O–H groups in total. The SMILES string of the molecule is CCn1c(NCCC(C)C)nc2c1c(=O)[nH]c(=O)n2C. The highest BCUT2D eigenvalue weighted by Crippen LogP contribution is 2.15. The highest BCUT2D eigenvalue weighted by atomic mass is 16.2. The number of nitrogens with zero attached hydrogens (tertiary/aromatic N) is 3. The van der Waals surface area contributed by atoms with E-state index in [1.165, 1.54) is 4.57 Å². The van der Waals surface area contributed by atoms with Crippen LogP contribution in [0.15, 0.2) is 9.59 Å². The molecule has 0 saturated carbocycles. The summed E-state index contributed by atoms with van der Waals surface area (Å²) in [5.74, 6) is 1.23. The number of anilines is 1. The maximum atomic E-state index is 12.0. The Kier molecular flexibility index (Phi) is 3.96. The Morgan fingerprint density at radius 3 is 2.65 bits per heavy atom. The van der Waals surface area contributed by atoms with E-state index in [1.807, 2.05) is 6.92 Å². The number of hydrogen-bond donors (Lipinski definition) is 2. The third-order valence-electron chi connectivity index (χ3n) is 3.33. The molecule has 0 aromatic carbocycles. The number of aryl methyl sites for hydroxylation is 2. The van der Waals surface area contributed by atoms with Crippen LogP contribution in [0.5, 0.6) is 0 Å². The molecule has 0 aliphatic carbocycles. The van der Waals surface area contributed by atoms with Gasteiger partial charge in [-0.15, -0.1) is 0 Å². The Balaban J connectivity index is 2.51. The van der Waals surface area contributed by atoms with E-state index in [1.54, 1.807) is 11.6 Å². The number of aromatic nitrogens is 4. The summed E-state index contributed by atoms with van der Waals surface area (Å²) in [6.45, 7) is 7.64. The minimum absolute atomic E-state index is 0.394. The van der Waals surface area contributed by atoms with Gasteiger partial charge in [-0.25, -0.2) is 4.79 Å². The van der Waals surface area contributed by atoms with Gasteiger partial charge in [0.1, 0.15) is 0 Å². The first-order valence-corrected chi connectivity index (χ1v) is 6.89. The average Bonchev–Trinajstić information content (AvgIpc) is 2.75. The van der Waals surface area contributed by atoms with E-state index in [0.717, 1.165) is 13.0 Å². The molecular formula is C13H21N5O2. The molecule has 0 aliphatic rings. The Bertz CT molecular complexity index is 723. The quantitative estimate of drug-likeness (QED) is 0.851. The van der Waals surface area contributed by atoms with Crippen LogP contribution in [0.1, 0.15) is 27.2 Å². The van der Waals surface area contributed by atoms with Crippen molar-refractivity contribution >= 4 is 17.1 Å². The van der Waals surface area contributed by atoms with Gasteiger partial charge in [0.05, 0.1) is 0 Å². The molecule has 0 radical (unpaired) electrons. The summed E-state index contributed by atoms with van der Waals surface area (Å²) in [5.41, 5.74) is 0.000590. The van der Waals surface area contributed by atoms with Crippen LogP contribution in [0.3, 0.4) is 0 Å². The van der Waals surface area contributed by atoms with Crippen molar-refractivity contribution in [3.05, 3.63) is 20.8 Å². The van der Waals surface area contributed by atoms with E-state index in [9.17, 15) is 9.59 Å². The highest BCUT2D eigenvalue weighted by Gasteiger charge is 2.15. The summed E-state index contributed by atoms with van der Waals surface area (Å²) in [7, 11) is 1.60. The fraction of sp³-hybridized carbons (Fsp3) is 0.615. The van der Waals surface area contributed by atoms with Crippen molar-refractivity contribution in [3.63, 3.8) is 0 Å². The minimum Gasteiger partial charge on any atom is -0.356 e. The van der Waals surface area contributed by atoms with Gasteiger partial charge in [0, 0.05) is 20.1 Å². The molecule has 2 aromatic rings. The zero-order chi connectivity index (χ0) is 14.9. The van der Waals surface area contributed by atoms with Gasteiger partial charge in [-0.2, -0.15) is 4.98 Å². The summed E-state index contributed by atoms with van der Waals surface area (Å²) in [5, 5.41) is 3.24. The van der Waals surface area contributed by atoms with E-state index in [0.29, 0.717) is 29.6 Å². The Morgan fingerprint density at radius 1 is 1.35 bits per heavy atom. The van der Waals surface area contributed by atoms with E-state index in [4.69, 9.17) is 0 Å². The first kappa shape index (κ1) is 14.4. The lowest BCUT2D eigenvalue weighted by atomic mass is 10.1. The maximum absolute atomic E-state index is 12.0. The molecule has 0 bridgehead atoms. The number of aromatic amines is 1. The lowest BCUT2D eigenvalue weighted by molar-refractivity contribution is 0.604. The van der Waals surface area contributed by atoms with Gasteiger partial charge in [0.15, 0.2) is 11.2 Å². The van der Waals surface area contributed by atoms with E-state index in [2.05, 4.69) is 29.1 Å². The van der Waals surface area contributed by atoms with Gasteiger partial charge < -0.3 is 9.88 Å². The number of imidazole rings is 1. The second-order valence-electron chi connectivity index (χ2n) is 5.28. The van der Waals surface area contributed by atoms with Crippen molar-refractivity contribution < 1.29 is 0 Å². The molecule has 0 aliphatic heterocycles. The molecule has 2 aromatic heterocycles. The van der Waals surface area contributed by atoms with Crippen LogP contribution in [0, 0.1) is 5.92 Å². The molecule has 0 amide bonds. The zero-order valence-corrected chi connectivity index (χ0v) is 12.4. The number of hydrogen-bond acceptors (Lipinski definition) is 4. The molecule has 0 saturated heterocycles. The smallest absolute Gasteiger partial charge is 0.329 e. The predicted molar refractivity (Wildman–Crippen MR) is 79.2 cm³/mol. The molecule has 2 rings (SSSR count). The molecule has 7 heteroatoms. The van der Waals surface area contributed by atoms with Gasteiger partial charge in [-0.05, 0) is 19.3 Å². The fourth-order valence-electron chi connectivity index (χ4n) is 2.15. The van der Waals surface area contributed by atoms with E-state index in [-0.39, 0.29) is 0 Å². The molecule has 0 unspecified atom stereocenters. The molecule has 0 fully saturated rings. The summed E-state index contributed by atoms with van der Waals surface area (Å²) in [4.78, 5) is 30.3. The van der Waals surface area contributed by atoms with E-state index >= 15 is 0 Å². The van der Waals surface area contributed by atoms with Crippen molar-refractivity contribution in [2.75, 3.05) is 11.9 Å². The van der Waals surface area contributed by atoms with Crippen LogP contribution >= 0.6 is 0 Å². The molecule has 110 valence electrons. The van der Waals surface area contributed by atoms with Crippen LogP contribution in [-0.4, -0.2) is 25.6 Å². The number of H-pyrrole nitrogens is 1. The van der Waals surface area contributed by atoms with E-state index < -0.39 is 11.2 Å². The van der Waals surface area contributed by atoms with Crippen molar-refractivity contribution in [2.24, 2.45) is 13.0 Å². The molecular weight excluding hydrogens is 258 g/mol. The minimum atomic E-state index is -0.447. The first-order chi connectivity index (χ1) is 9.45. The van der Waals surface area contributed by atoms with Gasteiger partial charge in [-0.3, -0.25) is 14.3 Å². The van der Waals surface area contributed by atoms with Crippen LogP contribution in [0.2, 0.25) is 0 Å². The summed E-state index contributed by atoms with van der Waals surface area (Å²) in [6, 6.07) is 0. The van der Waals surface area contributed by atoms with Gasteiger partial charge in [0.25, 0.3) is 5.56 Å². The Morgan fingerprint density at radius 2 is 2.05 bits per heavy atom. The second-order valence-corrected chi connectivity index (χ2v) is 5.28. The number of nitrogens with one attached hydrogen (secondary N) is 2. The average molecular weight is 279 g/mol. The standard InChI is InChI=1S/C13H21N5O2/c1-5-18-9-10(17(4)13(20)16-11(9)19)15-12(18)14-7-6-8(2)3/h8H,5-7H2,1-4H3,(H,14,15)(H,16,19,20). The summed E-state index contributed by atoms with van der Waals surface area (Å²) in [6.07, 6.45) is 1.02. The molecule has 20 heavy (non-hydrogen) atoms. The third kappa shape index (κ3) is 2.48. The van der Waals surface area contributed by atoms with Gasteiger partial charge >= 0.3 is 5.69 Å². The number of rotatable bonds is 5. The van der Waals surface area contributed by atoms with Crippen LogP contribution in [0.4, 0.5) is 5.95 Å². The van der Waals surface area contributed by atoms with Gasteiger partial charge in [-0.1, -0.05) is 13.8 Å². The largest absolute Gasteiger partial charge is 0.356 e.